The number of hydrogen-bond donors (Lipinski definition) is 0. The maximum atomic E-state index is 2.79. The molecule has 46 heavy (non-hydrogen) atoms. The van der Waals surface area contributed by atoms with Gasteiger partial charge in [0.15, 0.2) is 0 Å². The minimum atomic E-state index is -0.946. The molecule has 0 radical (unpaired) electrons. The van der Waals surface area contributed by atoms with Crippen LogP contribution in [0.1, 0.15) is 133 Å². The molecule has 0 N–H and O–H groups in total. The Balaban J connectivity index is 1.41. The standard InChI is InChI=1S/C44H60S2/c1-12-46(13-2,42-28(5)27(4)38-34-18-14-15-20-37(34)45-40(38)42)41-26(3)21-35-36(41)24-29-17-16-19-33(29)39(35)30-22-31(43(6,7)8)25-32(23-30)44(9,10)11/h14-15,18,20,22-28,38,40-42H,12-13,16-17,19,21H2,1-11H3. The summed E-state index contributed by atoms with van der Waals surface area (Å²) < 4.78 is 0. The molecule has 0 spiro atoms. The zero-order valence-corrected chi connectivity index (χ0v) is 32.4. The lowest BCUT2D eigenvalue weighted by molar-refractivity contribution is 0.424. The van der Waals surface area contributed by atoms with Gasteiger partial charge in [-0.25, -0.2) is 10.0 Å². The van der Waals surface area contributed by atoms with E-state index in [0.717, 1.165) is 22.3 Å². The van der Waals surface area contributed by atoms with Crippen molar-refractivity contribution < 1.29 is 0 Å². The molecule has 248 valence electrons. The van der Waals surface area contributed by atoms with Crippen molar-refractivity contribution in [3.05, 3.63) is 87.5 Å². The summed E-state index contributed by atoms with van der Waals surface area (Å²) in [5.41, 5.74) is 14.9. The van der Waals surface area contributed by atoms with Crippen molar-refractivity contribution in [2.45, 2.75) is 139 Å². The summed E-state index contributed by atoms with van der Waals surface area (Å²) in [6.45, 7) is 27.5. The molecule has 0 aromatic heterocycles. The Morgan fingerprint density at radius 1 is 0.761 bits per heavy atom. The molecule has 3 aromatic rings. The van der Waals surface area contributed by atoms with Crippen LogP contribution in [0.2, 0.25) is 0 Å². The average molecular weight is 653 g/mol. The topological polar surface area (TPSA) is 0 Å². The van der Waals surface area contributed by atoms with Crippen LogP contribution < -0.4 is 0 Å². The Bertz CT molecular complexity index is 1610. The van der Waals surface area contributed by atoms with Crippen LogP contribution in [0.15, 0.2) is 53.4 Å². The number of fused-ring (bicyclic) bond motifs is 5. The molecular weight excluding hydrogens is 593 g/mol. The Hall–Kier alpha value is -1.64. The number of benzene rings is 3. The quantitative estimate of drug-likeness (QED) is 0.264. The lowest BCUT2D eigenvalue weighted by atomic mass is 9.77. The van der Waals surface area contributed by atoms with E-state index in [1.807, 2.05) is 0 Å². The van der Waals surface area contributed by atoms with Crippen molar-refractivity contribution in [1.82, 2.24) is 0 Å². The summed E-state index contributed by atoms with van der Waals surface area (Å²) in [7, 11) is -0.946. The van der Waals surface area contributed by atoms with Gasteiger partial charge >= 0.3 is 0 Å². The highest BCUT2D eigenvalue weighted by molar-refractivity contribution is 8.34. The lowest BCUT2D eigenvalue weighted by Crippen LogP contribution is -2.36. The van der Waals surface area contributed by atoms with Gasteiger partial charge in [-0.2, -0.15) is 0 Å². The van der Waals surface area contributed by atoms with Crippen molar-refractivity contribution in [1.29, 1.82) is 0 Å². The molecule has 0 amide bonds. The third kappa shape index (κ3) is 4.92. The molecule has 0 bridgehead atoms. The number of thioether (sulfide) groups is 1. The van der Waals surface area contributed by atoms with Gasteiger partial charge in [0.05, 0.1) is 0 Å². The van der Waals surface area contributed by atoms with Crippen molar-refractivity contribution in [3.8, 4) is 11.1 Å². The highest BCUT2D eigenvalue weighted by Gasteiger charge is 2.59. The van der Waals surface area contributed by atoms with Gasteiger partial charge in [-0.05, 0) is 122 Å². The van der Waals surface area contributed by atoms with Gasteiger partial charge in [0.25, 0.3) is 0 Å². The number of hydrogen-bond acceptors (Lipinski definition) is 1. The SMILES string of the molecule is CCS(CC)(C1c2cc3c(c(-c4cc(C(C)(C)C)cc(C(C)(C)C)c4)c2CC1C)CCC3)C1C(C)C(C)C2c3ccccc3SC21. The molecule has 7 atom stereocenters. The fraction of sp³-hybridized carbons (Fsp3) is 0.591. The van der Waals surface area contributed by atoms with E-state index >= 15 is 0 Å². The summed E-state index contributed by atoms with van der Waals surface area (Å²) in [5, 5.41) is 2.25. The molecule has 1 heterocycles. The molecule has 2 heteroatoms. The second kappa shape index (κ2) is 11.5. The Morgan fingerprint density at radius 2 is 1.41 bits per heavy atom. The van der Waals surface area contributed by atoms with E-state index in [2.05, 4.69) is 136 Å². The minimum absolute atomic E-state index is 0.124. The molecule has 0 saturated heterocycles. The van der Waals surface area contributed by atoms with E-state index in [0.29, 0.717) is 17.1 Å². The van der Waals surface area contributed by atoms with Crippen LogP contribution in [0.5, 0.6) is 0 Å². The minimum Gasteiger partial charge on any atom is -0.230 e. The van der Waals surface area contributed by atoms with Crippen LogP contribution in [0.3, 0.4) is 0 Å². The first kappa shape index (κ1) is 32.9. The lowest BCUT2D eigenvalue weighted by Gasteiger charge is -2.54. The molecule has 1 saturated carbocycles. The van der Waals surface area contributed by atoms with Gasteiger partial charge in [0.2, 0.25) is 0 Å². The zero-order chi connectivity index (χ0) is 32.9. The predicted octanol–water partition coefficient (Wildman–Crippen LogP) is 12.4. The van der Waals surface area contributed by atoms with E-state index in [9.17, 15) is 0 Å². The fourth-order valence-electron chi connectivity index (χ4n) is 10.6. The van der Waals surface area contributed by atoms with E-state index in [1.165, 1.54) is 53.9 Å². The van der Waals surface area contributed by atoms with Crippen LogP contribution in [-0.2, 0) is 30.1 Å². The highest BCUT2D eigenvalue weighted by atomic mass is 32.3. The van der Waals surface area contributed by atoms with Crippen LogP contribution in [0.25, 0.3) is 11.1 Å². The van der Waals surface area contributed by atoms with E-state index in [4.69, 9.17) is 0 Å². The molecule has 0 nitrogen and oxygen atoms in total. The molecule has 4 aliphatic rings. The average Bonchev–Trinajstić information content (AvgIpc) is 3.76. The zero-order valence-electron chi connectivity index (χ0n) is 30.7. The Labute approximate surface area is 287 Å². The molecular formula is C44H60S2. The Morgan fingerprint density at radius 3 is 2.04 bits per heavy atom. The maximum absolute atomic E-state index is 2.79. The summed E-state index contributed by atoms with van der Waals surface area (Å²) in [5.74, 6) is 5.66. The summed E-state index contributed by atoms with van der Waals surface area (Å²) in [6.07, 6.45) is 5.07. The third-order valence-electron chi connectivity index (χ3n) is 13.1. The van der Waals surface area contributed by atoms with Gasteiger partial charge in [-0.15, -0.1) is 11.8 Å². The molecule has 7 unspecified atom stereocenters. The molecule has 3 aliphatic carbocycles. The first-order valence-corrected chi connectivity index (χ1v) is 21.5. The smallest absolute Gasteiger partial charge is 0.0273 e. The summed E-state index contributed by atoms with van der Waals surface area (Å²) >= 11 is 2.27. The molecule has 1 fully saturated rings. The Kier molecular flexibility index (Phi) is 8.20. The van der Waals surface area contributed by atoms with E-state index in [1.54, 1.807) is 38.3 Å². The van der Waals surface area contributed by atoms with Gasteiger partial charge in [-0.3, -0.25) is 0 Å². The first-order chi connectivity index (χ1) is 21.7. The summed E-state index contributed by atoms with van der Waals surface area (Å²) in [6, 6.07) is 19.9. The molecule has 1 aliphatic heterocycles. The van der Waals surface area contributed by atoms with Crippen molar-refractivity contribution in [2.24, 2.45) is 17.8 Å². The van der Waals surface area contributed by atoms with Crippen LogP contribution in [-0.4, -0.2) is 22.0 Å². The molecule has 7 rings (SSSR count). The van der Waals surface area contributed by atoms with Gasteiger partial charge in [0, 0.05) is 26.6 Å². The van der Waals surface area contributed by atoms with Gasteiger partial charge < -0.3 is 0 Å². The van der Waals surface area contributed by atoms with Crippen molar-refractivity contribution >= 4 is 21.8 Å². The normalized spacial score (nSPS) is 29.1. The van der Waals surface area contributed by atoms with Gasteiger partial charge in [0.1, 0.15) is 0 Å². The number of aryl methyl sites for hydroxylation is 1. The highest BCUT2D eigenvalue weighted by Crippen LogP contribution is 2.76. The van der Waals surface area contributed by atoms with Crippen molar-refractivity contribution in [2.75, 3.05) is 11.5 Å². The fourth-order valence-corrected chi connectivity index (χ4v) is 18.9. The molecule has 3 aromatic carbocycles. The van der Waals surface area contributed by atoms with Crippen molar-refractivity contribution in [3.63, 3.8) is 0 Å². The predicted molar refractivity (Wildman–Crippen MR) is 207 cm³/mol. The van der Waals surface area contributed by atoms with Crippen LogP contribution >= 0.6 is 21.8 Å². The van der Waals surface area contributed by atoms with E-state index < -0.39 is 10.0 Å². The van der Waals surface area contributed by atoms with Crippen LogP contribution in [0.4, 0.5) is 0 Å². The van der Waals surface area contributed by atoms with Crippen LogP contribution in [0, 0.1) is 17.8 Å². The van der Waals surface area contributed by atoms with E-state index in [-0.39, 0.29) is 10.8 Å². The van der Waals surface area contributed by atoms with Gasteiger partial charge in [-0.1, -0.05) is 119 Å². The maximum Gasteiger partial charge on any atom is 0.0273 e. The second-order valence-electron chi connectivity index (χ2n) is 17.6. The first-order valence-electron chi connectivity index (χ1n) is 18.6. The largest absolute Gasteiger partial charge is 0.230 e. The number of rotatable bonds is 5. The monoisotopic (exact) mass is 652 g/mol. The third-order valence-corrected chi connectivity index (χ3v) is 20.4. The summed E-state index contributed by atoms with van der Waals surface area (Å²) in [4.78, 5) is 1.58. The second-order valence-corrected chi connectivity index (χ2v) is 23.1.